The number of carbonyl (C=O) groups excluding carboxylic acids is 2. The van der Waals surface area contributed by atoms with E-state index in [2.05, 4.69) is 10.6 Å². The van der Waals surface area contributed by atoms with Crippen LogP contribution < -0.4 is 10.6 Å². The first kappa shape index (κ1) is 22.9. The third kappa shape index (κ3) is 6.04. The third-order valence-electron chi connectivity index (χ3n) is 3.42. The van der Waals surface area contributed by atoms with Crippen molar-refractivity contribution in [1.29, 1.82) is 0 Å². The van der Waals surface area contributed by atoms with Crippen LogP contribution in [0.5, 0.6) is 0 Å². The Labute approximate surface area is 180 Å². The van der Waals surface area contributed by atoms with Gasteiger partial charge >= 0.3 is 0 Å². The highest BCUT2D eigenvalue weighted by Gasteiger charge is 2.19. The van der Waals surface area contributed by atoms with Crippen molar-refractivity contribution in [2.75, 3.05) is 26.3 Å². The predicted octanol–water partition coefficient (Wildman–Crippen LogP) is 3.24. The van der Waals surface area contributed by atoms with E-state index in [0.29, 0.717) is 20.9 Å². The molecule has 2 aromatic rings. The molecule has 28 heavy (non-hydrogen) atoms. The lowest BCUT2D eigenvalue weighted by molar-refractivity contribution is 0.0934. The Morgan fingerprint density at radius 1 is 0.786 bits per heavy atom. The molecule has 2 aromatic carbocycles. The van der Waals surface area contributed by atoms with Gasteiger partial charge in [0.05, 0.1) is 34.4 Å². The predicted molar refractivity (Wildman–Crippen MR) is 113 cm³/mol. The van der Waals surface area contributed by atoms with Crippen LogP contribution >= 0.6 is 44.8 Å². The molecule has 0 saturated carbocycles. The lowest BCUT2D eigenvalue weighted by Crippen LogP contribution is -2.27. The first-order valence-electron chi connectivity index (χ1n) is 8.19. The lowest BCUT2D eigenvalue weighted by atomic mass is 10.2. The maximum atomic E-state index is 12.4. The van der Waals surface area contributed by atoms with E-state index in [0.717, 1.165) is 0 Å². The van der Waals surface area contributed by atoms with Crippen LogP contribution in [-0.4, -0.2) is 48.3 Å². The molecule has 0 saturated heterocycles. The Hall–Kier alpha value is -1.42. The van der Waals surface area contributed by atoms with Crippen molar-refractivity contribution in [1.82, 2.24) is 10.6 Å². The van der Waals surface area contributed by atoms with E-state index >= 15 is 0 Å². The zero-order chi connectivity index (χ0) is 20.5. The molecular weight excluding hydrogens is 443 g/mol. The smallest absolute Gasteiger partial charge is 0.254 e. The fourth-order valence-corrected chi connectivity index (χ4v) is 5.22. The number of benzene rings is 2. The summed E-state index contributed by atoms with van der Waals surface area (Å²) in [4.78, 5) is 25.9. The Balaban J connectivity index is 2.26. The Bertz CT molecular complexity index is 783. The normalized spacial score (nSPS) is 10.6. The van der Waals surface area contributed by atoms with Gasteiger partial charge in [-0.15, -0.1) is 0 Å². The van der Waals surface area contributed by atoms with Gasteiger partial charge in [0.2, 0.25) is 0 Å². The summed E-state index contributed by atoms with van der Waals surface area (Å²) in [6, 6.07) is 10.2. The summed E-state index contributed by atoms with van der Waals surface area (Å²) in [5.74, 6) is -0.787. The largest absolute Gasteiger partial charge is 0.395 e. The third-order valence-corrected chi connectivity index (χ3v) is 6.50. The second-order valence-electron chi connectivity index (χ2n) is 5.35. The van der Waals surface area contributed by atoms with Gasteiger partial charge < -0.3 is 20.8 Å². The van der Waals surface area contributed by atoms with Gasteiger partial charge in [-0.2, -0.15) is 0 Å². The number of carbonyl (C=O) groups is 2. The molecule has 0 radical (unpaired) electrons. The lowest BCUT2D eigenvalue weighted by Gasteiger charge is -2.13. The molecule has 2 amide bonds. The quantitative estimate of drug-likeness (QED) is 0.428. The average Bonchev–Trinajstić information content (AvgIpc) is 2.68. The maximum absolute atomic E-state index is 12.4. The van der Waals surface area contributed by atoms with Crippen LogP contribution in [0.25, 0.3) is 0 Å². The number of hydrogen-bond donors (Lipinski definition) is 4. The van der Waals surface area contributed by atoms with E-state index in [1.54, 1.807) is 36.4 Å². The van der Waals surface area contributed by atoms with E-state index in [1.165, 1.54) is 21.6 Å². The second kappa shape index (κ2) is 11.5. The monoisotopic (exact) mass is 460 g/mol. The summed E-state index contributed by atoms with van der Waals surface area (Å²) < 4.78 is 0. The topological polar surface area (TPSA) is 98.7 Å². The van der Waals surface area contributed by atoms with Gasteiger partial charge in [-0.25, -0.2) is 0 Å². The van der Waals surface area contributed by atoms with Crippen LogP contribution in [0.1, 0.15) is 20.7 Å². The van der Waals surface area contributed by atoms with Crippen LogP contribution in [0.3, 0.4) is 0 Å². The van der Waals surface area contributed by atoms with E-state index in [9.17, 15) is 9.59 Å². The molecule has 0 aromatic heterocycles. The Morgan fingerprint density at radius 2 is 1.18 bits per heavy atom. The van der Waals surface area contributed by atoms with Crippen LogP contribution in [0.4, 0.5) is 0 Å². The number of aliphatic hydroxyl groups is 2. The number of rotatable bonds is 9. The van der Waals surface area contributed by atoms with Gasteiger partial charge in [0, 0.05) is 22.9 Å². The first-order chi connectivity index (χ1) is 13.5. The molecule has 0 aliphatic heterocycles. The molecule has 2 rings (SSSR count). The highest BCUT2D eigenvalue weighted by molar-refractivity contribution is 8.76. The number of hydrogen-bond acceptors (Lipinski definition) is 6. The summed E-state index contributed by atoms with van der Waals surface area (Å²) in [7, 11) is 2.52. The molecule has 0 spiro atoms. The first-order valence-corrected chi connectivity index (χ1v) is 11.1. The van der Waals surface area contributed by atoms with Gasteiger partial charge in [-0.3, -0.25) is 9.59 Å². The average molecular weight is 461 g/mol. The van der Waals surface area contributed by atoms with Crippen LogP contribution in [0, 0.1) is 0 Å². The number of nitrogens with one attached hydrogen (secondary N) is 2. The van der Waals surface area contributed by atoms with Crippen molar-refractivity contribution in [3.05, 3.63) is 57.6 Å². The fraction of sp³-hybridized carbons (Fsp3) is 0.222. The molecule has 0 heterocycles. The molecule has 0 fully saturated rings. The van der Waals surface area contributed by atoms with Gasteiger partial charge in [0.25, 0.3) is 11.8 Å². The van der Waals surface area contributed by atoms with E-state index < -0.39 is 11.8 Å². The number of halogens is 2. The van der Waals surface area contributed by atoms with Crippen molar-refractivity contribution >= 4 is 56.6 Å². The molecule has 150 valence electrons. The van der Waals surface area contributed by atoms with Gasteiger partial charge in [-0.05, 0) is 24.3 Å². The minimum atomic E-state index is -0.394. The van der Waals surface area contributed by atoms with Crippen molar-refractivity contribution in [2.24, 2.45) is 0 Å². The SMILES string of the molecule is O=C(NCCO)c1c(Cl)cccc1SSc1cccc(Cl)c1C(=O)NCCO. The molecular formula is C18H18Cl2N2O4S2. The highest BCUT2D eigenvalue weighted by Crippen LogP contribution is 2.43. The van der Waals surface area contributed by atoms with Gasteiger partial charge in [0.1, 0.15) is 0 Å². The maximum Gasteiger partial charge on any atom is 0.254 e. The molecule has 0 atom stereocenters. The number of amides is 2. The summed E-state index contributed by atoms with van der Waals surface area (Å²) in [6.45, 7) is -0.125. The summed E-state index contributed by atoms with van der Waals surface area (Å²) in [5.41, 5.74) is 0.590. The summed E-state index contributed by atoms with van der Waals surface area (Å²) in [6.07, 6.45) is 0. The second-order valence-corrected chi connectivity index (χ2v) is 8.38. The Kier molecular flexibility index (Phi) is 9.43. The van der Waals surface area contributed by atoms with Gasteiger partial charge in [0.15, 0.2) is 0 Å². The van der Waals surface area contributed by atoms with Crippen molar-refractivity contribution in [3.8, 4) is 0 Å². The van der Waals surface area contributed by atoms with Crippen LogP contribution in [-0.2, 0) is 0 Å². The molecule has 0 unspecified atom stereocenters. The van der Waals surface area contributed by atoms with Crippen LogP contribution in [0.2, 0.25) is 10.0 Å². The van der Waals surface area contributed by atoms with Gasteiger partial charge in [-0.1, -0.05) is 56.9 Å². The Morgan fingerprint density at radius 3 is 1.54 bits per heavy atom. The van der Waals surface area contributed by atoms with Crippen molar-refractivity contribution < 1.29 is 19.8 Å². The molecule has 4 N–H and O–H groups in total. The fourth-order valence-electron chi connectivity index (χ4n) is 2.19. The minimum absolute atomic E-state index is 0.116. The van der Waals surface area contributed by atoms with E-state index in [4.69, 9.17) is 33.4 Å². The van der Waals surface area contributed by atoms with E-state index in [1.807, 2.05) is 0 Å². The molecule has 0 aliphatic carbocycles. The minimum Gasteiger partial charge on any atom is -0.395 e. The van der Waals surface area contributed by atoms with Crippen molar-refractivity contribution in [3.63, 3.8) is 0 Å². The summed E-state index contributed by atoms with van der Waals surface area (Å²) in [5, 5.41) is 23.5. The molecule has 6 nitrogen and oxygen atoms in total. The number of aliphatic hydroxyl groups excluding tert-OH is 2. The highest BCUT2D eigenvalue weighted by atomic mass is 35.5. The zero-order valence-electron chi connectivity index (χ0n) is 14.6. The molecule has 0 aliphatic rings. The standard InChI is InChI=1S/C18H18Cl2N2O4S2/c19-11-3-1-5-13(15(11)17(25)21-7-9-23)27-28-14-6-2-4-12(20)16(14)18(26)22-8-10-24/h1-6,23-24H,7-10H2,(H,21,25)(H,22,26). The molecule has 10 heteroatoms. The summed E-state index contributed by atoms with van der Waals surface area (Å²) >= 11 is 12.4. The zero-order valence-corrected chi connectivity index (χ0v) is 17.7. The van der Waals surface area contributed by atoms with E-state index in [-0.39, 0.29) is 36.3 Å². The van der Waals surface area contributed by atoms with Crippen LogP contribution in [0.15, 0.2) is 46.2 Å². The van der Waals surface area contributed by atoms with Crippen molar-refractivity contribution in [2.45, 2.75) is 9.79 Å². The molecule has 0 bridgehead atoms.